The second kappa shape index (κ2) is 6.43. The Kier molecular flexibility index (Phi) is 4.61. The van der Waals surface area contributed by atoms with Crippen molar-refractivity contribution in [2.45, 2.75) is 16.0 Å². The van der Waals surface area contributed by atoms with Crippen molar-refractivity contribution >= 4 is 17.4 Å². The Morgan fingerprint density at radius 1 is 1.18 bits per heavy atom. The number of azide groups is 1. The van der Waals surface area contributed by atoms with Gasteiger partial charge in [0.25, 0.3) is 0 Å². The normalized spacial score (nSPS) is 10.6. The number of hydrogen-bond donors (Lipinski definition) is 0. The summed E-state index contributed by atoms with van der Waals surface area (Å²) in [6.45, 7) is 0. The molecule has 0 aliphatic rings. The van der Waals surface area contributed by atoms with Gasteiger partial charge in [0.2, 0.25) is 0 Å². The maximum atomic E-state index is 12.7. The molecule has 0 bridgehead atoms. The van der Waals surface area contributed by atoms with Crippen molar-refractivity contribution in [3.8, 4) is 6.07 Å². The summed E-state index contributed by atoms with van der Waals surface area (Å²) in [6, 6.07) is 11.2. The summed E-state index contributed by atoms with van der Waals surface area (Å²) in [6.07, 6.45) is -4.42. The molecule has 0 saturated carbocycles. The van der Waals surface area contributed by atoms with Crippen LogP contribution in [0.1, 0.15) is 11.1 Å². The van der Waals surface area contributed by atoms with E-state index in [-0.39, 0.29) is 5.69 Å². The molecule has 0 aliphatic carbocycles. The van der Waals surface area contributed by atoms with Gasteiger partial charge in [-0.25, -0.2) is 0 Å². The van der Waals surface area contributed by atoms with Crippen molar-refractivity contribution in [2.24, 2.45) is 5.11 Å². The molecular formula is C14H7F3N4S. The molecule has 0 amide bonds. The summed E-state index contributed by atoms with van der Waals surface area (Å²) < 4.78 is 38.1. The number of rotatable bonds is 3. The highest BCUT2D eigenvalue weighted by Gasteiger charge is 2.30. The molecule has 0 aromatic heterocycles. The molecule has 2 aromatic rings. The van der Waals surface area contributed by atoms with E-state index in [1.807, 2.05) is 6.07 Å². The van der Waals surface area contributed by atoms with Crippen molar-refractivity contribution in [1.82, 2.24) is 0 Å². The molecule has 0 N–H and O–H groups in total. The third kappa shape index (κ3) is 3.73. The zero-order chi connectivity index (χ0) is 16.2. The van der Waals surface area contributed by atoms with Gasteiger partial charge in [0.15, 0.2) is 0 Å². The molecule has 2 aromatic carbocycles. The predicted molar refractivity (Wildman–Crippen MR) is 75.5 cm³/mol. The zero-order valence-corrected chi connectivity index (χ0v) is 11.7. The van der Waals surface area contributed by atoms with Gasteiger partial charge in [-0.05, 0) is 41.9 Å². The van der Waals surface area contributed by atoms with Crippen LogP contribution in [0.3, 0.4) is 0 Å². The van der Waals surface area contributed by atoms with E-state index in [1.54, 1.807) is 0 Å². The van der Waals surface area contributed by atoms with E-state index < -0.39 is 11.7 Å². The number of nitrogens with zero attached hydrogens (tertiary/aromatic N) is 4. The second-order valence-electron chi connectivity index (χ2n) is 4.11. The largest absolute Gasteiger partial charge is 0.416 e. The molecule has 0 unspecified atom stereocenters. The van der Waals surface area contributed by atoms with E-state index in [2.05, 4.69) is 10.0 Å². The van der Waals surface area contributed by atoms with Gasteiger partial charge >= 0.3 is 6.18 Å². The fraction of sp³-hybridized carbons (Fsp3) is 0.0714. The summed E-state index contributed by atoms with van der Waals surface area (Å²) in [7, 11) is 0. The van der Waals surface area contributed by atoms with Gasteiger partial charge in [0.05, 0.1) is 22.9 Å². The van der Waals surface area contributed by atoms with Crippen LogP contribution >= 0.6 is 11.8 Å². The van der Waals surface area contributed by atoms with Crippen LogP contribution in [0.25, 0.3) is 10.4 Å². The minimum absolute atomic E-state index is 0.198. The summed E-state index contributed by atoms with van der Waals surface area (Å²) in [5.74, 6) is 0. The highest BCUT2D eigenvalue weighted by Crippen LogP contribution is 2.38. The highest BCUT2D eigenvalue weighted by molar-refractivity contribution is 7.99. The Hall–Kier alpha value is -2.62. The van der Waals surface area contributed by atoms with E-state index in [0.717, 1.165) is 23.9 Å². The monoisotopic (exact) mass is 320 g/mol. The minimum Gasteiger partial charge on any atom is -0.192 e. The summed E-state index contributed by atoms with van der Waals surface area (Å²) in [5, 5.41) is 12.3. The van der Waals surface area contributed by atoms with Crippen LogP contribution in [0.15, 0.2) is 57.4 Å². The Balaban J connectivity index is 2.39. The lowest BCUT2D eigenvalue weighted by Crippen LogP contribution is -2.04. The lowest BCUT2D eigenvalue weighted by molar-refractivity contribution is -0.137. The highest BCUT2D eigenvalue weighted by atomic mass is 32.2. The average Bonchev–Trinajstić information content (AvgIpc) is 2.49. The van der Waals surface area contributed by atoms with E-state index >= 15 is 0 Å². The maximum absolute atomic E-state index is 12.7. The van der Waals surface area contributed by atoms with Gasteiger partial charge in [0, 0.05) is 14.7 Å². The van der Waals surface area contributed by atoms with Crippen LogP contribution < -0.4 is 0 Å². The summed E-state index contributed by atoms with van der Waals surface area (Å²) in [5.41, 5.74) is 8.29. The SMILES string of the molecule is N#Cc1ccc(Sc2cccc(C(F)(F)F)c2)c(N=[N+]=[N-])c1. The molecule has 110 valence electrons. The fourth-order valence-electron chi connectivity index (χ4n) is 1.66. The Morgan fingerprint density at radius 3 is 2.59 bits per heavy atom. The number of nitriles is 1. The van der Waals surface area contributed by atoms with Crippen LogP contribution in [0.4, 0.5) is 18.9 Å². The van der Waals surface area contributed by atoms with E-state index in [0.29, 0.717) is 15.4 Å². The molecule has 8 heteroatoms. The van der Waals surface area contributed by atoms with Crippen LogP contribution in [0, 0.1) is 11.3 Å². The average molecular weight is 320 g/mol. The van der Waals surface area contributed by atoms with Crippen LogP contribution in [0.5, 0.6) is 0 Å². The molecule has 2 rings (SSSR count). The predicted octanol–water partition coefficient (Wildman–Crippen LogP) is 5.67. The third-order valence-corrected chi connectivity index (χ3v) is 3.68. The Morgan fingerprint density at radius 2 is 1.95 bits per heavy atom. The fourth-order valence-corrected chi connectivity index (χ4v) is 2.59. The van der Waals surface area contributed by atoms with Crippen molar-refractivity contribution in [3.05, 3.63) is 64.0 Å². The molecule has 0 saturated heterocycles. The van der Waals surface area contributed by atoms with E-state index in [1.165, 1.54) is 30.3 Å². The van der Waals surface area contributed by atoms with Crippen LogP contribution in [0.2, 0.25) is 0 Å². The first-order valence-electron chi connectivity index (χ1n) is 5.88. The maximum Gasteiger partial charge on any atom is 0.416 e. The first-order chi connectivity index (χ1) is 10.4. The van der Waals surface area contributed by atoms with Gasteiger partial charge in [-0.2, -0.15) is 18.4 Å². The van der Waals surface area contributed by atoms with Gasteiger partial charge in [0.1, 0.15) is 0 Å². The standard InChI is InChI=1S/C14H7F3N4S/c15-14(16,17)10-2-1-3-11(7-10)22-13-5-4-9(8-18)6-12(13)20-21-19/h1-7H. The molecule has 22 heavy (non-hydrogen) atoms. The Bertz CT molecular complexity index is 789. The first kappa shape index (κ1) is 15.8. The molecule has 0 radical (unpaired) electrons. The molecule has 0 fully saturated rings. The number of halogens is 3. The molecule has 0 atom stereocenters. The summed E-state index contributed by atoms with van der Waals surface area (Å²) >= 11 is 1.03. The molecule has 4 nitrogen and oxygen atoms in total. The van der Waals surface area contributed by atoms with Crippen molar-refractivity contribution in [2.75, 3.05) is 0 Å². The minimum atomic E-state index is -4.42. The number of benzene rings is 2. The van der Waals surface area contributed by atoms with Crippen molar-refractivity contribution in [1.29, 1.82) is 5.26 Å². The van der Waals surface area contributed by atoms with E-state index in [4.69, 9.17) is 10.8 Å². The smallest absolute Gasteiger partial charge is 0.192 e. The quantitative estimate of drug-likeness (QED) is 0.415. The van der Waals surface area contributed by atoms with Crippen LogP contribution in [-0.2, 0) is 6.18 Å². The van der Waals surface area contributed by atoms with Gasteiger partial charge in [-0.15, -0.1) is 0 Å². The lowest BCUT2D eigenvalue weighted by Gasteiger charge is -2.09. The van der Waals surface area contributed by atoms with Crippen molar-refractivity contribution in [3.63, 3.8) is 0 Å². The molecular weight excluding hydrogens is 313 g/mol. The van der Waals surface area contributed by atoms with Gasteiger partial charge in [-0.3, -0.25) is 0 Å². The molecule has 0 aliphatic heterocycles. The van der Waals surface area contributed by atoms with Gasteiger partial charge in [-0.1, -0.05) is 22.9 Å². The first-order valence-corrected chi connectivity index (χ1v) is 6.70. The lowest BCUT2D eigenvalue weighted by atomic mass is 10.2. The topological polar surface area (TPSA) is 72.5 Å². The van der Waals surface area contributed by atoms with E-state index in [9.17, 15) is 13.2 Å². The summed E-state index contributed by atoms with van der Waals surface area (Å²) in [4.78, 5) is 3.49. The van der Waals surface area contributed by atoms with Gasteiger partial charge < -0.3 is 0 Å². The Labute approximate surface area is 127 Å². The van der Waals surface area contributed by atoms with Crippen molar-refractivity contribution < 1.29 is 13.2 Å². The molecule has 0 heterocycles. The molecule has 0 spiro atoms. The number of alkyl halides is 3. The number of hydrogen-bond acceptors (Lipinski definition) is 3. The zero-order valence-electron chi connectivity index (χ0n) is 10.9. The third-order valence-electron chi connectivity index (χ3n) is 2.63. The van der Waals surface area contributed by atoms with Crippen LogP contribution in [-0.4, -0.2) is 0 Å². The second-order valence-corrected chi connectivity index (χ2v) is 5.23.